The molecule has 2 aromatic carbocycles. The minimum atomic E-state index is -0.0318. The third-order valence-electron chi connectivity index (χ3n) is 4.62. The number of carbonyl (C=O) groups excluding carboxylic acids is 2. The summed E-state index contributed by atoms with van der Waals surface area (Å²) in [7, 11) is 0. The summed E-state index contributed by atoms with van der Waals surface area (Å²) in [6.45, 7) is 4.24. The number of carbonyl (C=O) groups is 2. The fourth-order valence-electron chi connectivity index (χ4n) is 2.92. The van der Waals surface area contributed by atoms with E-state index in [1.54, 1.807) is 0 Å². The Hall–Kier alpha value is -1.74. The van der Waals surface area contributed by atoms with Crippen LogP contribution in [-0.4, -0.2) is 20.2 Å². The first-order chi connectivity index (χ1) is 14.5. The molecule has 0 aliphatic rings. The van der Waals surface area contributed by atoms with E-state index in [0.717, 1.165) is 65.5 Å². The van der Waals surface area contributed by atoms with E-state index in [0.29, 0.717) is 0 Å². The summed E-state index contributed by atoms with van der Waals surface area (Å²) < 4.78 is 3.67. The molecule has 0 unspecified atom stereocenters. The predicted molar refractivity (Wildman–Crippen MR) is 129 cm³/mol. The molecule has 0 aliphatic carbocycles. The standard InChI is InChI=1S/C22H20N2O2S4/c1-3-13-5-7-15-17(11-13)27-21(23-15)29-19(25)9-10-20(26)30-22-24-16-8-6-14(4-2)12-18(16)28-22/h5-8,11-12H,3-4,9-10H2,1-2H3. The summed E-state index contributed by atoms with van der Waals surface area (Å²) in [6.07, 6.45) is 2.36. The fourth-order valence-corrected chi connectivity index (χ4v) is 6.96. The van der Waals surface area contributed by atoms with Gasteiger partial charge in [-0.15, -0.1) is 22.7 Å². The van der Waals surface area contributed by atoms with Crippen LogP contribution in [0.1, 0.15) is 37.8 Å². The molecular weight excluding hydrogens is 453 g/mol. The van der Waals surface area contributed by atoms with Crippen molar-refractivity contribution in [2.24, 2.45) is 0 Å². The van der Waals surface area contributed by atoms with Gasteiger partial charge in [-0.2, -0.15) is 0 Å². The van der Waals surface area contributed by atoms with E-state index >= 15 is 0 Å². The molecule has 0 aliphatic heterocycles. The topological polar surface area (TPSA) is 59.9 Å². The molecule has 0 bridgehead atoms. The van der Waals surface area contributed by atoms with Crippen LogP contribution in [0.3, 0.4) is 0 Å². The first-order valence-electron chi connectivity index (χ1n) is 9.74. The quantitative estimate of drug-likeness (QED) is 0.277. The molecule has 0 spiro atoms. The molecule has 4 nitrogen and oxygen atoms in total. The van der Waals surface area contributed by atoms with Crippen LogP contribution in [-0.2, 0) is 22.4 Å². The zero-order valence-electron chi connectivity index (χ0n) is 16.6. The molecule has 0 N–H and O–H groups in total. The lowest BCUT2D eigenvalue weighted by atomic mass is 10.2. The molecule has 8 heteroatoms. The summed E-state index contributed by atoms with van der Waals surface area (Å²) in [5.74, 6) is 0. The van der Waals surface area contributed by atoms with Crippen LogP contribution in [0.5, 0.6) is 0 Å². The van der Waals surface area contributed by atoms with Gasteiger partial charge in [0, 0.05) is 12.8 Å². The van der Waals surface area contributed by atoms with Gasteiger partial charge in [0.15, 0.2) is 18.9 Å². The highest BCUT2D eigenvalue weighted by atomic mass is 32.2. The normalized spacial score (nSPS) is 11.4. The van der Waals surface area contributed by atoms with Crippen LogP contribution in [0.25, 0.3) is 20.4 Å². The second kappa shape index (κ2) is 9.60. The van der Waals surface area contributed by atoms with Crippen molar-refractivity contribution in [1.29, 1.82) is 0 Å². The monoisotopic (exact) mass is 472 g/mol. The van der Waals surface area contributed by atoms with Crippen molar-refractivity contribution in [2.75, 3.05) is 0 Å². The number of hydrogen-bond acceptors (Lipinski definition) is 8. The second-order valence-corrected chi connectivity index (χ2v) is 11.4. The maximum absolute atomic E-state index is 12.3. The van der Waals surface area contributed by atoms with Crippen molar-refractivity contribution in [3.05, 3.63) is 47.5 Å². The Bertz CT molecular complexity index is 1130. The van der Waals surface area contributed by atoms with Crippen LogP contribution >= 0.6 is 46.2 Å². The van der Waals surface area contributed by atoms with E-state index in [1.165, 1.54) is 33.8 Å². The number of thioether (sulfide) groups is 2. The molecule has 0 saturated heterocycles. The zero-order chi connectivity index (χ0) is 21.1. The molecule has 0 saturated carbocycles. The van der Waals surface area contributed by atoms with Crippen LogP contribution in [0.2, 0.25) is 0 Å². The Morgan fingerprint density at radius 3 is 1.60 bits per heavy atom. The summed E-state index contributed by atoms with van der Waals surface area (Å²) in [5, 5.41) is -0.0637. The lowest BCUT2D eigenvalue weighted by molar-refractivity contribution is -0.115. The minimum absolute atomic E-state index is 0.0318. The van der Waals surface area contributed by atoms with Crippen LogP contribution in [0.15, 0.2) is 45.1 Å². The van der Waals surface area contributed by atoms with E-state index in [1.807, 2.05) is 12.1 Å². The highest BCUT2D eigenvalue weighted by Gasteiger charge is 2.15. The van der Waals surface area contributed by atoms with Crippen LogP contribution < -0.4 is 0 Å². The number of thiazole rings is 2. The molecule has 2 aromatic heterocycles. The Morgan fingerprint density at radius 2 is 1.20 bits per heavy atom. The van der Waals surface area contributed by atoms with Crippen molar-refractivity contribution in [3.8, 4) is 0 Å². The van der Waals surface area contributed by atoms with Gasteiger partial charge >= 0.3 is 0 Å². The van der Waals surface area contributed by atoms with Gasteiger partial charge in [0.1, 0.15) is 0 Å². The van der Waals surface area contributed by atoms with Gasteiger partial charge in [-0.1, -0.05) is 26.0 Å². The van der Waals surface area contributed by atoms with Crippen molar-refractivity contribution in [2.45, 2.75) is 48.2 Å². The number of aromatic nitrogens is 2. The summed E-state index contributed by atoms with van der Waals surface area (Å²) >= 11 is 5.33. The third kappa shape index (κ3) is 5.11. The van der Waals surface area contributed by atoms with E-state index in [9.17, 15) is 9.59 Å². The molecular formula is C22H20N2O2S4. The molecule has 2 heterocycles. The predicted octanol–water partition coefficient (Wildman–Crippen LogP) is 6.75. The van der Waals surface area contributed by atoms with E-state index in [-0.39, 0.29) is 23.1 Å². The lowest BCUT2D eigenvalue weighted by Gasteiger charge is -1.97. The van der Waals surface area contributed by atoms with Crippen LogP contribution in [0, 0.1) is 0 Å². The van der Waals surface area contributed by atoms with Gasteiger partial charge in [0.05, 0.1) is 20.4 Å². The largest absolute Gasteiger partial charge is 0.287 e. The fraction of sp³-hybridized carbons (Fsp3) is 0.273. The average Bonchev–Trinajstić information content (AvgIpc) is 3.33. The van der Waals surface area contributed by atoms with Gasteiger partial charge in [-0.3, -0.25) is 9.59 Å². The molecule has 30 heavy (non-hydrogen) atoms. The zero-order valence-corrected chi connectivity index (χ0v) is 19.9. The van der Waals surface area contributed by atoms with Gasteiger partial charge in [-0.25, -0.2) is 9.97 Å². The second-order valence-electron chi connectivity index (χ2n) is 6.72. The summed E-state index contributed by atoms with van der Waals surface area (Å²) in [6, 6.07) is 12.4. The molecule has 0 fully saturated rings. The number of rotatable bonds is 7. The molecule has 0 radical (unpaired) electrons. The van der Waals surface area contributed by atoms with Gasteiger partial charge < -0.3 is 0 Å². The van der Waals surface area contributed by atoms with Gasteiger partial charge in [0.25, 0.3) is 0 Å². The van der Waals surface area contributed by atoms with E-state index < -0.39 is 0 Å². The van der Waals surface area contributed by atoms with E-state index in [4.69, 9.17) is 0 Å². The first kappa shape index (κ1) is 21.5. The SMILES string of the molecule is CCc1ccc2nc(SC(=O)CCC(=O)Sc3nc4ccc(CC)cc4s3)sc2c1. The Labute approximate surface area is 191 Å². The maximum Gasteiger partial charge on any atom is 0.196 e. The average molecular weight is 473 g/mol. The highest BCUT2D eigenvalue weighted by molar-refractivity contribution is 8.15. The summed E-state index contributed by atoms with van der Waals surface area (Å²) in [5.41, 5.74) is 4.36. The summed E-state index contributed by atoms with van der Waals surface area (Å²) in [4.78, 5) is 33.7. The Morgan fingerprint density at radius 1 is 0.767 bits per heavy atom. The molecule has 0 amide bonds. The number of benzene rings is 2. The minimum Gasteiger partial charge on any atom is -0.287 e. The Kier molecular flexibility index (Phi) is 6.87. The van der Waals surface area contributed by atoms with Gasteiger partial charge in [0.2, 0.25) is 0 Å². The van der Waals surface area contributed by atoms with E-state index in [2.05, 4.69) is 48.1 Å². The molecule has 0 atom stereocenters. The van der Waals surface area contributed by atoms with Crippen molar-refractivity contribution < 1.29 is 9.59 Å². The first-order valence-corrected chi connectivity index (χ1v) is 13.0. The highest BCUT2D eigenvalue weighted by Crippen LogP contribution is 2.33. The van der Waals surface area contributed by atoms with Crippen molar-refractivity contribution in [3.63, 3.8) is 0 Å². The number of nitrogens with zero attached hydrogens (tertiary/aromatic N) is 2. The molecule has 4 rings (SSSR count). The third-order valence-corrected chi connectivity index (χ3v) is 8.64. The van der Waals surface area contributed by atoms with Crippen molar-refractivity contribution >= 4 is 76.9 Å². The number of fused-ring (bicyclic) bond motifs is 2. The maximum atomic E-state index is 12.3. The number of hydrogen-bond donors (Lipinski definition) is 0. The lowest BCUT2D eigenvalue weighted by Crippen LogP contribution is -1.97. The molecule has 4 aromatic rings. The van der Waals surface area contributed by atoms with Crippen LogP contribution in [0.4, 0.5) is 0 Å². The number of aryl methyl sites for hydroxylation is 2. The smallest absolute Gasteiger partial charge is 0.196 e. The van der Waals surface area contributed by atoms with Crippen molar-refractivity contribution in [1.82, 2.24) is 9.97 Å². The Balaban J connectivity index is 1.31. The molecule has 154 valence electrons. The van der Waals surface area contributed by atoms with Gasteiger partial charge in [-0.05, 0) is 71.8 Å².